The van der Waals surface area contributed by atoms with Crippen molar-refractivity contribution in [2.45, 2.75) is 45.6 Å². The first-order valence-corrected chi connectivity index (χ1v) is 10.1. The smallest absolute Gasteiger partial charge is 0.319 e. The maximum absolute atomic E-state index is 12.2. The summed E-state index contributed by atoms with van der Waals surface area (Å²) in [4.78, 5) is 12.0. The van der Waals surface area contributed by atoms with Gasteiger partial charge in [-0.15, -0.1) is 0 Å². The summed E-state index contributed by atoms with van der Waals surface area (Å²) in [5.41, 5.74) is 1.88. The predicted octanol–water partition coefficient (Wildman–Crippen LogP) is 2.71. The summed E-state index contributed by atoms with van der Waals surface area (Å²) in [6.45, 7) is 4.92. The molecule has 1 aromatic rings. The minimum atomic E-state index is -3.15. The number of anilines is 1. The molecular formula is C17H27N3O3S. The molecular weight excluding hydrogens is 326 g/mol. The van der Waals surface area contributed by atoms with E-state index in [9.17, 15) is 13.2 Å². The monoisotopic (exact) mass is 353 g/mol. The van der Waals surface area contributed by atoms with Gasteiger partial charge in [-0.05, 0) is 38.3 Å². The Morgan fingerprint density at radius 2 is 1.83 bits per heavy atom. The summed E-state index contributed by atoms with van der Waals surface area (Å²) in [5.74, 6) is 0.218. The van der Waals surface area contributed by atoms with Crippen molar-refractivity contribution in [3.63, 3.8) is 0 Å². The van der Waals surface area contributed by atoms with Crippen LogP contribution < -0.4 is 10.6 Å². The van der Waals surface area contributed by atoms with Crippen LogP contribution in [0.1, 0.15) is 38.2 Å². The number of aryl methyl sites for hydroxylation is 1. The van der Waals surface area contributed by atoms with Crippen molar-refractivity contribution in [2.24, 2.45) is 0 Å². The number of hydrogen-bond donors (Lipinski definition) is 2. The van der Waals surface area contributed by atoms with Crippen LogP contribution in [0.4, 0.5) is 10.5 Å². The molecule has 24 heavy (non-hydrogen) atoms. The molecule has 0 atom stereocenters. The fourth-order valence-corrected chi connectivity index (χ4v) is 4.40. The van der Waals surface area contributed by atoms with E-state index in [1.165, 1.54) is 0 Å². The van der Waals surface area contributed by atoms with E-state index < -0.39 is 10.0 Å². The molecule has 7 heteroatoms. The SMILES string of the molecule is CCCCS(=O)(=O)N1CCC(NC(=O)Nc2ccc(C)cc2)CC1. The summed E-state index contributed by atoms with van der Waals surface area (Å²) in [7, 11) is -3.15. The largest absolute Gasteiger partial charge is 0.335 e. The van der Waals surface area contributed by atoms with Crippen LogP contribution in [0.5, 0.6) is 0 Å². The number of amides is 2. The molecule has 0 saturated carbocycles. The molecule has 1 aromatic carbocycles. The highest BCUT2D eigenvalue weighted by Gasteiger charge is 2.28. The molecule has 2 N–H and O–H groups in total. The molecule has 2 amide bonds. The van der Waals surface area contributed by atoms with Crippen LogP contribution in [0.3, 0.4) is 0 Å². The summed E-state index contributed by atoms with van der Waals surface area (Å²) in [6.07, 6.45) is 2.86. The summed E-state index contributed by atoms with van der Waals surface area (Å²) in [6, 6.07) is 7.36. The lowest BCUT2D eigenvalue weighted by Crippen LogP contribution is -2.48. The highest BCUT2D eigenvalue weighted by Crippen LogP contribution is 2.16. The lowest BCUT2D eigenvalue weighted by atomic mass is 10.1. The number of hydrogen-bond acceptors (Lipinski definition) is 3. The first kappa shape index (κ1) is 18.7. The predicted molar refractivity (Wildman–Crippen MR) is 96.6 cm³/mol. The van der Waals surface area contributed by atoms with E-state index in [4.69, 9.17) is 0 Å². The topological polar surface area (TPSA) is 78.5 Å². The average molecular weight is 353 g/mol. The normalized spacial score (nSPS) is 16.8. The van der Waals surface area contributed by atoms with Gasteiger partial charge in [0.25, 0.3) is 0 Å². The molecule has 0 aromatic heterocycles. The standard InChI is InChI=1S/C17H27N3O3S/c1-3-4-13-24(22,23)20-11-9-16(10-12-20)19-17(21)18-15-7-5-14(2)6-8-15/h5-8,16H,3-4,9-13H2,1-2H3,(H2,18,19,21). The van der Waals surface area contributed by atoms with E-state index in [-0.39, 0.29) is 17.8 Å². The van der Waals surface area contributed by atoms with Crippen LogP contribution >= 0.6 is 0 Å². The van der Waals surface area contributed by atoms with Gasteiger partial charge in [-0.25, -0.2) is 17.5 Å². The number of unbranched alkanes of at least 4 members (excludes halogenated alkanes) is 1. The van der Waals surface area contributed by atoms with E-state index in [2.05, 4.69) is 10.6 Å². The third-order valence-electron chi connectivity index (χ3n) is 4.25. The molecule has 2 rings (SSSR count). The van der Waals surface area contributed by atoms with E-state index in [0.717, 1.165) is 17.7 Å². The zero-order valence-corrected chi connectivity index (χ0v) is 15.2. The van der Waals surface area contributed by atoms with Crippen LogP contribution in [0.15, 0.2) is 24.3 Å². The second-order valence-corrected chi connectivity index (χ2v) is 8.40. The van der Waals surface area contributed by atoms with E-state index in [1.54, 1.807) is 4.31 Å². The van der Waals surface area contributed by atoms with Crippen LogP contribution in [0, 0.1) is 6.92 Å². The Bertz CT molecular complexity index is 636. The first-order chi connectivity index (χ1) is 11.4. The Hall–Kier alpha value is -1.60. The number of nitrogens with zero attached hydrogens (tertiary/aromatic N) is 1. The first-order valence-electron chi connectivity index (χ1n) is 8.52. The fourth-order valence-electron chi connectivity index (χ4n) is 2.72. The second kappa shape index (κ2) is 8.48. The highest BCUT2D eigenvalue weighted by molar-refractivity contribution is 7.89. The second-order valence-electron chi connectivity index (χ2n) is 6.31. The van der Waals surface area contributed by atoms with Gasteiger partial charge in [-0.3, -0.25) is 0 Å². The van der Waals surface area contributed by atoms with Crippen LogP contribution in [-0.2, 0) is 10.0 Å². The Labute approximate surface area is 144 Å². The van der Waals surface area contributed by atoms with E-state index in [0.29, 0.717) is 32.4 Å². The minimum absolute atomic E-state index is 0.00748. The minimum Gasteiger partial charge on any atom is -0.335 e. The van der Waals surface area contributed by atoms with Crippen LogP contribution in [-0.4, -0.2) is 43.6 Å². The fraction of sp³-hybridized carbons (Fsp3) is 0.588. The third-order valence-corrected chi connectivity index (χ3v) is 6.20. The van der Waals surface area contributed by atoms with Crippen molar-refractivity contribution in [1.82, 2.24) is 9.62 Å². The maximum Gasteiger partial charge on any atom is 0.319 e. The number of sulfonamides is 1. The van der Waals surface area contributed by atoms with Gasteiger partial charge in [0.05, 0.1) is 5.75 Å². The molecule has 1 aliphatic rings. The van der Waals surface area contributed by atoms with E-state index >= 15 is 0 Å². The van der Waals surface area contributed by atoms with Gasteiger partial charge in [0.15, 0.2) is 0 Å². The molecule has 6 nitrogen and oxygen atoms in total. The molecule has 1 heterocycles. The molecule has 1 saturated heterocycles. The number of piperidine rings is 1. The Morgan fingerprint density at radius 3 is 2.42 bits per heavy atom. The summed E-state index contributed by atoms with van der Waals surface area (Å²) < 4.78 is 25.9. The number of carbonyl (C=O) groups excluding carboxylic acids is 1. The van der Waals surface area contributed by atoms with Crippen molar-refractivity contribution in [3.05, 3.63) is 29.8 Å². The molecule has 0 aliphatic carbocycles. The number of nitrogens with one attached hydrogen (secondary N) is 2. The molecule has 0 radical (unpaired) electrons. The van der Waals surface area contributed by atoms with Gasteiger partial charge in [0.1, 0.15) is 0 Å². The highest BCUT2D eigenvalue weighted by atomic mass is 32.2. The Balaban J connectivity index is 1.78. The molecule has 1 fully saturated rings. The zero-order valence-electron chi connectivity index (χ0n) is 14.4. The number of urea groups is 1. The summed E-state index contributed by atoms with van der Waals surface area (Å²) >= 11 is 0. The molecule has 0 spiro atoms. The van der Waals surface area contributed by atoms with Gasteiger partial charge in [-0.2, -0.15) is 0 Å². The molecule has 0 bridgehead atoms. The number of benzene rings is 1. The summed E-state index contributed by atoms with van der Waals surface area (Å²) in [5, 5.41) is 5.73. The van der Waals surface area contributed by atoms with Gasteiger partial charge in [0.2, 0.25) is 10.0 Å². The van der Waals surface area contributed by atoms with Crippen molar-refractivity contribution in [2.75, 3.05) is 24.2 Å². The zero-order chi connectivity index (χ0) is 17.6. The van der Waals surface area contributed by atoms with Crippen LogP contribution in [0.2, 0.25) is 0 Å². The van der Waals surface area contributed by atoms with Crippen molar-refractivity contribution < 1.29 is 13.2 Å². The molecule has 134 valence electrons. The lowest BCUT2D eigenvalue weighted by molar-refractivity contribution is 0.238. The van der Waals surface area contributed by atoms with Gasteiger partial charge < -0.3 is 10.6 Å². The Kier molecular flexibility index (Phi) is 6.62. The van der Waals surface area contributed by atoms with Crippen molar-refractivity contribution >= 4 is 21.7 Å². The third kappa shape index (κ3) is 5.49. The van der Waals surface area contributed by atoms with Crippen molar-refractivity contribution in [1.29, 1.82) is 0 Å². The molecule has 1 aliphatic heterocycles. The van der Waals surface area contributed by atoms with Gasteiger partial charge >= 0.3 is 6.03 Å². The van der Waals surface area contributed by atoms with Gasteiger partial charge in [0, 0.05) is 24.8 Å². The van der Waals surface area contributed by atoms with Gasteiger partial charge in [-0.1, -0.05) is 31.0 Å². The number of carbonyl (C=O) groups is 1. The van der Waals surface area contributed by atoms with Crippen molar-refractivity contribution in [3.8, 4) is 0 Å². The lowest BCUT2D eigenvalue weighted by Gasteiger charge is -2.31. The Morgan fingerprint density at radius 1 is 1.21 bits per heavy atom. The van der Waals surface area contributed by atoms with Crippen LogP contribution in [0.25, 0.3) is 0 Å². The molecule has 0 unspecified atom stereocenters. The average Bonchev–Trinajstić information content (AvgIpc) is 2.55. The quantitative estimate of drug-likeness (QED) is 0.825. The maximum atomic E-state index is 12.2. The van der Waals surface area contributed by atoms with E-state index in [1.807, 2.05) is 38.1 Å². The number of rotatable bonds is 6.